The Morgan fingerprint density at radius 2 is 1.53 bits per heavy atom. The zero-order valence-corrected chi connectivity index (χ0v) is 17.7. The number of nitrogens with zero attached hydrogens (tertiary/aromatic N) is 3. The van der Waals surface area contributed by atoms with Crippen LogP contribution in [0, 0.1) is 0 Å². The molecular formula is C24H26N4O2. The third-order valence-corrected chi connectivity index (χ3v) is 5.15. The second-order valence-corrected chi connectivity index (χ2v) is 7.38. The van der Waals surface area contributed by atoms with Gasteiger partial charge in [-0.25, -0.2) is 9.97 Å². The van der Waals surface area contributed by atoms with Gasteiger partial charge in [0.05, 0.1) is 25.3 Å². The topological polar surface area (TPSA) is 61.2 Å². The molecule has 4 aromatic rings. The van der Waals surface area contributed by atoms with E-state index in [1.807, 2.05) is 36.4 Å². The van der Waals surface area contributed by atoms with Crippen molar-refractivity contribution >= 4 is 16.9 Å². The van der Waals surface area contributed by atoms with Gasteiger partial charge in [-0.05, 0) is 67.4 Å². The van der Waals surface area contributed by atoms with Gasteiger partial charge in [-0.1, -0.05) is 12.1 Å². The molecule has 4 rings (SSSR count). The number of nitrogens with one attached hydrogen (secondary N) is 1. The Morgan fingerprint density at radius 3 is 2.13 bits per heavy atom. The molecule has 2 aromatic carbocycles. The molecule has 154 valence electrons. The van der Waals surface area contributed by atoms with Gasteiger partial charge < -0.3 is 19.4 Å². The van der Waals surface area contributed by atoms with Crippen molar-refractivity contribution in [1.82, 2.24) is 14.5 Å². The molecule has 0 amide bonds. The Bertz CT molecular complexity index is 1130. The van der Waals surface area contributed by atoms with Crippen molar-refractivity contribution < 1.29 is 9.47 Å². The minimum atomic E-state index is 0.254. The van der Waals surface area contributed by atoms with E-state index in [-0.39, 0.29) is 6.04 Å². The zero-order valence-electron chi connectivity index (χ0n) is 17.7. The molecule has 1 N–H and O–H groups in total. The van der Waals surface area contributed by atoms with E-state index in [2.05, 4.69) is 51.9 Å². The van der Waals surface area contributed by atoms with E-state index >= 15 is 0 Å². The van der Waals surface area contributed by atoms with Crippen molar-refractivity contribution in [3.63, 3.8) is 0 Å². The number of hydrogen-bond donors (Lipinski definition) is 1. The summed E-state index contributed by atoms with van der Waals surface area (Å²) in [5.41, 5.74) is 4.29. The van der Waals surface area contributed by atoms with Crippen LogP contribution < -0.4 is 14.8 Å². The van der Waals surface area contributed by atoms with E-state index in [1.165, 1.54) is 0 Å². The summed E-state index contributed by atoms with van der Waals surface area (Å²) in [6.07, 6.45) is 1.62. The number of fused-ring (bicyclic) bond motifs is 1. The number of ether oxygens (including phenoxy) is 2. The average molecular weight is 402 g/mol. The number of methoxy groups -OCH3 is 2. The fraction of sp³-hybridized carbons (Fsp3) is 0.250. The van der Waals surface area contributed by atoms with Crippen molar-refractivity contribution in [2.45, 2.75) is 26.4 Å². The monoisotopic (exact) mass is 402 g/mol. The second-order valence-electron chi connectivity index (χ2n) is 7.38. The Balaban J connectivity index is 1.70. The standard InChI is InChI=1S/C24H26N4O2/c1-16(2)28-22(18-7-11-20(30-4)12-8-18)13-21-23(26-15-27-24(21)28)25-14-17-5-9-19(29-3)10-6-17/h5-13,15-16H,14H2,1-4H3,(H,25,26,27). The van der Waals surface area contributed by atoms with E-state index in [4.69, 9.17) is 9.47 Å². The molecule has 0 fully saturated rings. The summed E-state index contributed by atoms with van der Waals surface area (Å²) < 4.78 is 12.8. The largest absolute Gasteiger partial charge is 0.497 e. The van der Waals surface area contributed by atoms with Crippen molar-refractivity contribution in [3.05, 3.63) is 66.5 Å². The number of rotatable bonds is 7. The molecule has 6 heteroatoms. The van der Waals surface area contributed by atoms with Gasteiger partial charge in [-0.15, -0.1) is 0 Å². The van der Waals surface area contributed by atoms with Gasteiger partial charge in [0.15, 0.2) is 0 Å². The average Bonchev–Trinajstić information content (AvgIpc) is 3.18. The lowest BCUT2D eigenvalue weighted by Gasteiger charge is -2.14. The van der Waals surface area contributed by atoms with Gasteiger partial charge in [0, 0.05) is 12.6 Å². The summed E-state index contributed by atoms with van der Waals surface area (Å²) >= 11 is 0. The smallest absolute Gasteiger partial charge is 0.146 e. The second kappa shape index (κ2) is 8.45. The van der Waals surface area contributed by atoms with Crippen LogP contribution in [0.5, 0.6) is 11.5 Å². The molecule has 6 nitrogen and oxygen atoms in total. The minimum absolute atomic E-state index is 0.254. The minimum Gasteiger partial charge on any atom is -0.497 e. The van der Waals surface area contributed by atoms with Crippen molar-refractivity contribution in [2.24, 2.45) is 0 Å². The first-order valence-corrected chi connectivity index (χ1v) is 9.98. The predicted molar refractivity (Wildman–Crippen MR) is 120 cm³/mol. The summed E-state index contributed by atoms with van der Waals surface area (Å²) in [4.78, 5) is 9.10. The first-order valence-electron chi connectivity index (χ1n) is 9.98. The molecule has 0 atom stereocenters. The molecule has 0 bridgehead atoms. The van der Waals surface area contributed by atoms with E-state index < -0.39 is 0 Å². The van der Waals surface area contributed by atoms with E-state index in [9.17, 15) is 0 Å². The molecular weight excluding hydrogens is 376 g/mol. The molecule has 0 aliphatic heterocycles. The number of anilines is 1. The Hall–Kier alpha value is -3.54. The van der Waals surface area contributed by atoms with Crippen LogP contribution in [0.4, 0.5) is 5.82 Å². The molecule has 30 heavy (non-hydrogen) atoms. The molecule has 0 saturated carbocycles. The Morgan fingerprint density at radius 1 is 0.900 bits per heavy atom. The molecule has 2 aromatic heterocycles. The van der Waals surface area contributed by atoms with Crippen molar-refractivity contribution in [2.75, 3.05) is 19.5 Å². The van der Waals surface area contributed by atoms with E-state index in [0.717, 1.165) is 45.2 Å². The highest BCUT2D eigenvalue weighted by Crippen LogP contribution is 2.33. The van der Waals surface area contributed by atoms with Gasteiger partial charge in [0.1, 0.15) is 29.3 Å². The highest BCUT2D eigenvalue weighted by Gasteiger charge is 2.17. The van der Waals surface area contributed by atoms with Crippen molar-refractivity contribution in [3.8, 4) is 22.8 Å². The van der Waals surface area contributed by atoms with Gasteiger partial charge in [0.2, 0.25) is 0 Å². The summed E-state index contributed by atoms with van der Waals surface area (Å²) in [5, 5.41) is 4.47. The molecule has 0 aliphatic rings. The fourth-order valence-corrected chi connectivity index (χ4v) is 3.61. The SMILES string of the molecule is COc1ccc(CNc2ncnc3c2cc(-c2ccc(OC)cc2)n3C(C)C)cc1. The molecule has 0 saturated heterocycles. The highest BCUT2D eigenvalue weighted by atomic mass is 16.5. The van der Waals surface area contributed by atoms with Crippen LogP contribution in [0.3, 0.4) is 0 Å². The molecule has 0 spiro atoms. The van der Waals surface area contributed by atoms with Crippen LogP contribution in [0.25, 0.3) is 22.3 Å². The summed E-state index contributed by atoms with van der Waals surface area (Å²) in [5.74, 6) is 2.51. The summed E-state index contributed by atoms with van der Waals surface area (Å²) in [6.45, 7) is 5.00. The quantitative estimate of drug-likeness (QED) is 0.454. The predicted octanol–water partition coefficient (Wildman–Crippen LogP) is 5.31. The van der Waals surface area contributed by atoms with Crippen LogP contribution >= 0.6 is 0 Å². The van der Waals surface area contributed by atoms with Gasteiger partial charge in [-0.2, -0.15) is 0 Å². The Kier molecular flexibility index (Phi) is 5.57. The maximum absolute atomic E-state index is 5.30. The van der Waals surface area contributed by atoms with Crippen molar-refractivity contribution in [1.29, 1.82) is 0 Å². The zero-order chi connectivity index (χ0) is 21.1. The van der Waals surface area contributed by atoms with E-state index in [0.29, 0.717) is 6.54 Å². The maximum atomic E-state index is 5.30. The van der Waals surface area contributed by atoms with Crippen LogP contribution in [0.2, 0.25) is 0 Å². The first-order chi connectivity index (χ1) is 14.6. The van der Waals surface area contributed by atoms with Crippen LogP contribution in [0.15, 0.2) is 60.9 Å². The number of aromatic nitrogens is 3. The van der Waals surface area contributed by atoms with E-state index in [1.54, 1.807) is 20.5 Å². The lowest BCUT2D eigenvalue weighted by atomic mass is 10.1. The fourth-order valence-electron chi connectivity index (χ4n) is 3.61. The molecule has 0 unspecified atom stereocenters. The normalized spacial score (nSPS) is 11.1. The molecule has 2 heterocycles. The lowest BCUT2D eigenvalue weighted by molar-refractivity contribution is 0.414. The van der Waals surface area contributed by atoms with Gasteiger partial charge in [-0.3, -0.25) is 0 Å². The highest BCUT2D eigenvalue weighted by molar-refractivity contribution is 5.92. The summed E-state index contributed by atoms with van der Waals surface area (Å²) in [6, 6.07) is 18.5. The van der Waals surface area contributed by atoms with Gasteiger partial charge in [0.25, 0.3) is 0 Å². The third-order valence-electron chi connectivity index (χ3n) is 5.15. The van der Waals surface area contributed by atoms with Crippen LogP contribution in [-0.2, 0) is 6.54 Å². The lowest BCUT2D eigenvalue weighted by Crippen LogP contribution is -2.05. The molecule has 0 radical (unpaired) electrons. The first kappa shape index (κ1) is 19.8. The maximum Gasteiger partial charge on any atom is 0.146 e. The Labute approximate surface area is 176 Å². The van der Waals surface area contributed by atoms with Crippen LogP contribution in [-0.4, -0.2) is 28.8 Å². The van der Waals surface area contributed by atoms with Gasteiger partial charge >= 0.3 is 0 Å². The van der Waals surface area contributed by atoms with Crippen LogP contribution in [0.1, 0.15) is 25.5 Å². The number of hydrogen-bond acceptors (Lipinski definition) is 5. The molecule has 0 aliphatic carbocycles. The summed E-state index contributed by atoms with van der Waals surface area (Å²) in [7, 11) is 3.35. The number of benzene rings is 2. The third kappa shape index (κ3) is 3.81.